The number of aliphatic hydroxyl groups is 8. The normalized spacial score (nSPS) is 62.5. The Hall–Kier alpha value is -1.15. The molecule has 3 aliphatic carbocycles. The first kappa shape index (κ1) is 21.7. The topological polar surface area (TPSA) is 197 Å². The second-order valence-corrected chi connectivity index (χ2v) is 10.1. The maximum absolute atomic E-state index is 12.5. The molecule has 8 N–H and O–H groups in total. The van der Waals surface area contributed by atoms with Crippen LogP contribution in [0.25, 0.3) is 0 Å². The highest BCUT2D eigenvalue weighted by Gasteiger charge is 2.91. The minimum Gasteiger partial charge on any atom is -0.460 e. The first-order valence-corrected chi connectivity index (χ1v) is 10.3. The van der Waals surface area contributed by atoms with E-state index >= 15 is 0 Å². The second kappa shape index (κ2) is 5.85. The highest BCUT2D eigenvalue weighted by atomic mass is 16.7. The molecule has 0 radical (unpaired) electrons. The summed E-state index contributed by atoms with van der Waals surface area (Å²) in [7, 11) is 0. The fourth-order valence-electron chi connectivity index (χ4n) is 7.82. The highest BCUT2D eigenvalue weighted by Crippen LogP contribution is 2.75. The van der Waals surface area contributed by atoms with Crippen molar-refractivity contribution in [3.05, 3.63) is 11.6 Å². The lowest BCUT2D eigenvalue weighted by molar-refractivity contribution is -0.419. The van der Waals surface area contributed by atoms with E-state index in [1.54, 1.807) is 13.8 Å². The predicted octanol–water partition coefficient (Wildman–Crippen LogP) is -3.87. The van der Waals surface area contributed by atoms with Crippen LogP contribution in [0.3, 0.4) is 0 Å². The molecule has 11 nitrogen and oxygen atoms in total. The van der Waals surface area contributed by atoms with Crippen molar-refractivity contribution in [1.29, 1.82) is 0 Å². The van der Waals surface area contributed by atoms with Gasteiger partial charge in [0.05, 0.1) is 30.8 Å². The zero-order valence-electron chi connectivity index (χ0n) is 17.0. The third kappa shape index (κ3) is 1.89. The minimum atomic E-state index is -2.96. The van der Waals surface area contributed by atoms with E-state index in [0.29, 0.717) is 5.57 Å². The number of allylic oxidation sites excluding steroid dienone is 1. The smallest absolute Gasteiger partial charge is 0.338 e. The number of carbonyl (C=O) groups is 1. The van der Waals surface area contributed by atoms with Gasteiger partial charge in [0.1, 0.15) is 17.8 Å². The lowest BCUT2D eigenvalue weighted by Crippen LogP contribution is -2.90. The molecule has 0 amide bonds. The molecule has 12 atom stereocenters. The van der Waals surface area contributed by atoms with Crippen molar-refractivity contribution in [3.63, 3.8) is 0 Å². The number of esters is 1. The summed E-state index contributed by atoms with van der Waals surface area (Å²) < 4.78 is 11.1. The van der Waals surface area contributed by atoms with Crippen molar-refractivity contribution in [3.8, 4) is 0 Å². The van der Waals surface area contributed by atoms with E-state index in [1.807, 2.05) is 0 Å². The molecule has 1 spiro atoms. The maximum Gasteiger partial charge on any atom is 0.338 e. The monoisotopic (exact) mass is 444 g/mol. The zero-order valence-corrected chi connectivity index (χ0v) is 17.0. The van der Waals surface area contributed by atoms with Gasteiger partial charge in [-0.15, -0.1) is 0 Å². The molecule has 5 rings (SSSR count). The number of rotatable bonds is 1. The van der Waals surface area contributed by atoms with Crippen molar-refractivity contribution in [1.82, 2.24) is 0 Å². The molecule has 0 unspecified atom stereocenters. The van der Waals surface area contributed by atoms with E-state index in [-0.39, 0.29) is 6.42 Å². The Bertz CT molecular complexity index is 877. The van der Waals surface area contributed by atoms with Crippen molar-refractivity contribution in [2.45, 2.75) is 67.8 Å². The summed E-state index contributed by atoms with van der Waals surface area (Å²) in [6.07, 6.45) is -7.29. The summed E-state index contributed by atoms with van der Waals surface area (Å²) in [5.41, 5.74) is -8.56. The maximum atomic E-state index is 12.5. The van der Waals surface area contributed by atoms with Gasteiger partial charge in [-0.2, -0.15) is 0 Å². The van der Waals surface area contributed by atoms with E-state index in [4.69, 9.17) is 9.47 Å². The van der Waals surface area contributed by atoms with E-state index in [9.17, 15) is 45.6 Å². The molecule has 0 aromatic heterocycles. The Labute approximate surface area is 177 Å². The molecule has 11 heteroatoms. The zero-order chi connectivity index (χ0) is 22.9. The largest absolute Gasteiger partial charge is 0.460 e. The summed E-state index contributed by atoms with van der Waals surface area (Å²) in [6.45, 7) is 1.40. The first-order valence-electron chi connectivity index (χ1n) is 10.3. The molecule has 2 saturated carbocycles. The van der Waals surface area contributed by atoms with Crippen LogP contribution in [-0.4, -0.2) is 108 Å². The number of hydrogen-bond acceptors (Lipinski definition) is 11. The van der Waals surface area contributed by atoms with Crippen LogP contribution in [0, 0.1) is 22.7 Å². The Balaban J connectivity index is 1.86. The lowest BCUT2D eigenvalue weighted by atomic mass is 9.35. The third-order valence-electron chi connectivity index (χ3n) is 9.14. The van der Waals surface area contributed by atoms with E-state index in [1.165, 1.54) is 6.08 Å². The number of hydrogen-bond donors (Lipinski definition) is 8. The van der Waals surface area contributed by atoms with Gasteiger partial charge in [-0.25, -0.2) is 4.79 Å². The summed E-state index contributed by atoms with van der Waals surface area (Å²) >= 11 is 0. The lowest BCUT2D eigenvalue weighted by Gasteiger charge is -2.72. The Kier molecular flexibility index (Phi) is 4.09. The van der Waals surface area contributed by atoms with Gasteiger partial charge in [0.15, 0.2) is 17.5 Å². The fraction of sp³-hybridized carbons (Fsp3) is 0.850. The van der Waals surface area contributed by atoms with Gasteiger partial charge >= 0.3 is 5.97 Å². The third-order valence-corrected chi connectivity index (χ3v) is 9.14. The Morgan fingerprint density at radius 3 is 2.42 bits per heavy atom. The van der Waals surface area contributed by atoms with Crippen LogP contribution in [0.1, 0.15) is 20.3 Å². The van der Waals surface area contributed by atoms with E-state index < -0.39 is 89.4 Å². The first-order chi connectivity index (χ1) is 14.3. The van der Waals surface area contributed by atoms with Gasteiger partial charge in [0.2, 0.25) is 0 Å². The molecule has 2 aliphatic heterocycles. The molecule has 2 heterocycles. The Morgan fingerprint density at radius 2 is 1.81 bits per heavy atom. The predicted molar refractivity (Wildman–Crippen MR) is 97.7 cm³/mol. The van der Waals surface area contributed by atoms with Gasteiger partial charge in [-0.3, -0.25) is 0 Å². The molecule has 0 aromatic rings. The van der Waals surface area contributed by atoms with Crippen LogP contribution in [0.2, 0.25) is 0 Å². The summed E-state index contributed by atoms with van der Waals surface area (Å²) in [6, 6.07) is 0. The van der Waals surface area contributed by atoms with Crippen molar-refractivity contribution in [2.75, 3.05) is 13.2 Å². The standard InChI is InChI=1S/C20H28O11/c1-7-3-9(22)11(23)16(2)8(7)4-10-17-6-30-19(28,14(16)17)15(26)18(27,5-21)20(17,29)12(24)13(25)31-10/h3,8-12,14-15,21-24,26-29H,4-6H2,1-2H3/t8-,9-,10+,11+,12-,14+,15+,16+,17+,18-,19-,20-/m0/s1. The van der Waals surface area contributed by atoms with Gasteiger partial charge in [0, 0.05) is 11.3 Å². The van der Waals surface area contributed by atoms with Gasteiger partial charge < -0.3 is 50.3 Å². The molecule has 0 aromatic carbocycles. The van der Waals surface area contributed by atoms with Crippen molar-refractivity contribution < 1.29 is 55.1 Å². The van der Waals surface area contributed by atoms with Crippen LogP contribution < -0.4 is 0 Å². The molecular weight excluding hydrogens is 416 g/mol. The van der Waals surface area contributed by atoms with Crippen LogP contribution in [0.4, 0.5) is 0 Å². The average Bonchev–Trinajstić information content (AvgIpc) is 3.04. The summed E-state index contributed by atoms with van der Waals surface area (Å²) in [5, 5.41) is 88.1. The average molecular weight is 444 g/mol. The summed E-state index contributed by atoms with van der Waals surface area (Å²) in [4.78, 5) is 12.5. The summed E-state index contributed by atoms with van der Waals surface area (Å²) in [5.74, 6) is -5.83. The van der Waals surface area contributed by atoms with Gasteiger partial charge in [-0.05, 0) is 19.3 Å². The Morgan fingerprint density at radius 1 is 1.16 bits per heavy atom. The number of carbonyl (C=O) groups excluding carboxylic acids is 1. The van der Waals surface area contributed by atoms with E-state index in [2.05, 4.69) is 0 Å². The number of fused-ring (bicyclic) bond motifs is 1. The molecule has 174 valence electrons. The highest BCUT2D eigenvalue weighted by molar-refractivity contribution is 5.79. The van der Waals surface area contributed by atoms with Crippen molar-refractivity contribution >= 4 is 5.97 Å². The molecular formula is C20H28O11. The fourth-order valence-corrected chi connectivity index (χ4v) is 7.82. The van der Waals surface area contributed by atoms with Crippen LogP contribution in [-0.2, 0) is 14.3 Å². The van der Waals surface area contributed by atoms with Gasteiger partial charge in [0.25, 0.3) is 0 Å². The minimum absolute atomic E-state index is 0.0247. The van der Waals surface area contributed by atoms with Crippen LogP contribution >= 0.6 is 0 Å². The molecule has 2 saturated heterocycles. The van der Waals surface area contributed by atoms with Crippen molar-refractivity contribution in [2.24, 2.45) is 22.7 Å². The van der Waals surface area contributed by atoms with Crippen LogP contribution in [0.5, 0.6) is 0 Å². The SMILES string of the molecule is CC1=C[C@H](O)[C@@H](O)[C@]2(C)[C@H]3[C@]4(O)OC[C@@]35[C@@H](C[C@@H]12)OC(=O)[C@H](O)[C@@]5(O)[C@](O)(CO)[C@H]4O. The molecule has 2 bridgehead atoms. The second-order valence-electron chi connectivity index (χ2n) is 10.1. The quantitative estimate of drug-likeness (QED) is 0.145. The molecule has 31 heavy (non-hydrogen) atoms. The molecule has 4 fully saturated rings. The molecule has 5 aliphatic rings. The van der Waals surface area contributed by atoms with E-state index in [0.717, 1.165) is 0 Å². The van der Waals surface area contributed by atoms with Crippen LogP contribution in [0.15, 0.2) is 11.6 Å². The number of aliphatic hydroxyl groups excluding tert-OH is 5. The number of ether oxygens (including phenoxy) is 2. The van der Waals surface area contributed by atoms with Gasteiger partial charge in [-0.1, -0.05) is 18.6 Å².